The van der Waals surface area contributed by atoms with E-state index in [1.54, 1.807) is 6.92 Å². The summed E-state index contributed by atoms with van der Waals surface area (Å²) in [5.41, 5.74) is 0. The average Bonchev–Trinajstić information content (AvgIpc) is 2.29. The summed E-state index contributed by atoms with van der Waals surface area (Å²) in [6, 6.07) is 3.84. The smallest absolute Gasteiger partial charge is 0.242 e. The fourth-order valence-electron chi connectivity index (χ4n) is 1.22. The molecule has 2 N–H and O–H groups in total. The van der Waals surface area contributed by atoms with Gasteiger partial charge in [0.15, 0.2) is 0 Å². The quantitative estimate of drug-likeness (QED) is 0.874. The van der Waals surface area contributed by atoms with E-state index in [1.165, 1.54) is 18.2 Å². The van der Waals surface area contributed by atoms with E-state index in [4.69, 9.17) is 28.3 Å². The second-order valence-electron chi connectivity index (χ2n) is 3.46. The molecule has 0 bridgehead atoms. The predicted molar refractivity (Wildman–Crippen MR) is 67.9 cm³/mol. The maximum Gasteiger partial charge on any atom is 0.242 e. The highest BCUT2D eigenvalue weighted by Crippen LogP contribution is 2.28. The number of nitrogens with one attached hydrogen (secondary N) is 1. The van der Waals surface area contributed by atoms with Crippen LogP contribution in [0.1, 0.15) is 13.3 Å². The molecule has 0 fully saturated rings. The van der Waals surface area contributed by atoms with Crippen LogP contribution in [0, 0.1) is 0 Å². The zero-order chi connectivity index (χ0) is 13.1. The number of hydrogen-bond donors (Lipinski definition) is 2. The van der Waals surface area contributed by atoms with Gasteiger partial charge in [0.05, 0.1) is 16.7 Å². The number of hydrogen-bond acceptors (Lipinski definition) is 3. The van der Waals surface area contributed by atoms with Crippen molar-refractivity contribution in [2.24, 2.45) is 0 Å². The standard InChI is InChI=1S/C10H13Cl2NO3S/c1-2-7(6-14)13-17(15,16)9-5-3-4-8(11)10(9)12/h3-5,7,13-14H,2,6H2,1H3/t7-/m1/s1. The Labute approximate surface area is 111 Å². The SMILES string of the molecule is CC[C@H](CO)NS(=O)(=O)c1cccc(Cl)c1Cl. The van der Waals surface area contributed by atoms with Crippen molar-refractivity contribution in [3.8, 4) is 0 Å². The molecule has 0 amide bonds. The topological polar surface area (TPSA) is 66.4 Å². The van der Waals surface area contributed by atoms with Gasteiger partial charge in [-0.05, 0) is 18.6 Å². The van der Waals surface area contributed by atoms with Crippen LogP contribution in [0.2, 0.25) is 10.0 Å². The molecular formula is C10H13Cl2NO3S. The summed E-state index contributed by atoms with van der Waals surface area (Å²) in [5, 5.41) is 9.13. The molecule has 17 heavy (non-hydrogen) atoms. The third kappa shape index (κ3) is 3.56. The molecule has 0 aliphatic carbocycles. The van der Waals surface area contributed by atoms with Gasteiger partial charge >= 0.3 is 0 Å². The van der Waals surface area contributed by atoms with Gasteiger partial charge in [-0.15, -0.1) is 0 Å². The van der Waals surface area contributed by atoms with E-state index in [9.17, 15) is 8.42 Å². The highest BCUT2D eigenvalue weighted by atomic mass is 35.5. The molecule has 0 spiro atoms. The Kier molecular flexibility index (Phi) is 5.22. The van der Waals surface area contributed by atoms with Gasteiger partial charge in [0.1, 0.15) is 4.90 Å². The lowest BCUT2D eigenvalue weighted by Gasteiger charge is -2.15. The van der Waals surface area contributed by atoms with Crippen LogP contribution >= 0.6 is 23.2 Å². The molecule has 0 unspecified atom stereocenters. The first kappa shape index (κ1) is 14.7. The molecule has 0 heterocycles. The van der Waals surface area contributed by atoms with Crippen molar-refractivity contribution in [2.75, 3.05) is 6.61 Å². The summed E-state index contributed by atoms with van der Waals surface area (Å²) in [6.45, 7) is 1.50. The first-order valence-corrected chi connectivity index (χ1v) is 7.23. The zero-order valence-electron chi connectivity index (χ0n) is 9.15. The van der Waals surface area contributed by atoms with E-state index in [2.05, 4.69) is 4.72 Å². The molecule has 96 valence electrons. The fraction of sp³-hybridized carbons (Fsp3) is 0.400. The number of rotatable bonds is 5. The number of halogens is 2. The molecule has 0 saturated carbocycles. The van der Waals surface area contributed by atoms with Gasteiger partial charge in [0.25, 0.3) is 0 Å². The van der Waals surface area contributed by atoms with Gasteiger partial charge in [-0.25, -0.2) is 13.1 Å². The Balaban J connectivity index is 3.09. The van der Waals surface area contributed by atoms with Gasteiger partial charge in [0, 0.05) is 6.04 Å². The third-order valence-electron chi connectivity index (χ3n) is 2.24. The highest BCUT2D eigenvalue weighted by molar-refractivity contribution is 7.89. The predicted octanol–water partition coefficient (Wildman–Crippen LogP) is 2.04. The van der Waals surface area contributed by atoms with Crippen LogP contribution in [0.4, 0.5) is 0 Å². The van der Waals surface area contributed by atoms with E-state index >= 15 is 0 Å². The minimum atomic E-state index is -3.76. The summed E-state index contributed by atoms with van der Waals surface area (Å²) >= 11 is 11.6. The first-order chi connectivity index (χ1) is 7.92. The zero-order valence-corrected chi connectivity index (χ0v) is 11.5. The van der Waals surface area contributed by atoms with Crippen molar-refractivity contribution in [1.82, 2.24) is 4.72 Å². The van der Waals surface area contributed by atoms with Crippen LogP contribution in [-0.4, -0.2) is 26.2 Å². The van der Waals surface area contributed by atoms with Crippen LogP contribution in [0.3, 0.4) is 0 Å². The van der Waals surface area contributed by atoms with Crippen molar-refractivity contribution < 1.29 is 13.5 Å². The Morgan fingerprint density at radius 1 is 1.41 bits per heavy atom. The molecule has 4 nitrogen and oxygen atoms in total. The summed E-state index contributed by atoms with van der Waals surface area (Å²) in [6.07, 6.45) is 0.480. The monoisotopic (exact) mass is 297 g/mol. The lowest BCUT2D eigenvalue weighted by Crippen LogP contribution is -2.37. The maximum absolute atomic E-state index is 12.0. The summed E-state index contributed by atoms with van der Waals surface area (Å²) in [4.78, 5) is -0.0847. The molecule has 1 atom stereocenters. The lowest BCUT2D eigenvalue weighted by atomic mass is 10.3. The minimum Gasteiger partial charge on any atom is -0.395 e. The van der Waals surface area contributed by atoms with Crippen molar-refractivity contribution in [2.45, 2.75) is 24.3 Å². The van der Waals surface area contributed by atoms with E-state index in [0.29, 0.717) is 6.42 Å². The Morgan fingerprint density at radius 3 is 2.59 bits per heavy atom. The van der Waals surface area contributed by atoms with E-state index in [1.807, 2.05) is 0 Å². The molecule has 0 radical (unpaired) electrons. The van der Waals surface area contributed by atoms with Crippen LogP contribution in [-0.2, 0) is 10.0 Å². The third-order valence-corrected chi connectivity index (χ3v) is 4.73. The van der Waals surface area contributed by atoms with E-state index in [-0.39, 0.29) is 21.5 Å². The molecule has 1 rings (SSSR count). The average molecular weight is 298 g/mol. The van der Waals surface area contributed by atoms with Crippen molar-refractivity contribution in [3.05, 3.63) is 28.2 Å². The van der Waals surface area contributed by atoms with Gasteiger partial charge in [-0.1, -0.05) is 36.2 Å². The molecule has 0 saturated heterocycles. The van der Waals surface area contributed by atoms with Crippen LogP contribution < -0.4 is 4.72 Å². The highest BCUT2D eigenvalue weighted by Gasteiger charge is 2.22. The van der Waals surface area contributed by atoms with E-state index < -0.39 is 16.1 Å². The molecule has 1 aromatic rings. The normalized spacial score (nSPS) is 13.6. The molecule has 7 heteroatoms. The van der Waals surface area contributed by atoms with Gasteiger partial charge < -0.3 is 5.11 Å². The fourth-order valence-corrected chi connectivity index (χ4v) is 3.30. The first-order valence-electron chi connectivity index (χ1n) is 4.99. The minimum absolute atomic E-state index is 0.0190. The number of sulfonamides is 1. The molecule has 0 aromatic heterocycles. The Morgan fingerprint density at radius 2 is 2.06 bits per heavy atom. The van der Waals surface area contributed by atoms with Gasteiger partial charge in [-0.2, -0.15) is 0 Å². The molecule has 0 aliphatic heterocycles. The van der Waals surface area contributed by atoms with Crippen LogP contribution in [0.25, 0.3) is 0 Å². The van der Waals surface area contributed by atoms with Gasteiger partial charge in [-0.3, -0.25) is 0 Å². The number of aliphatic hydroxyl groups is 1. The number of benzene rings is 1. The second kappa shape index (κ2) is 6.02. The second-order valence-corrected chi connectivity index (χ2v) is 5.93. The summed E-state index contributed by atoms with van der Waals surface area (Å²) < 4.78 is 26.3. The van der Waals surface area contributed by atoms with Crippen LogP contribution in [0.15, 0.2) is 23.1 Å². The molecule has 0 aliphatic rings. The maximum atomic E-state index is 12.0. The van der Waals surface area contributed by atoms with E-state index in [0.717, 1.165) is 0 Å². The summed E-state index contributed by atoms with van der Waals surface area (Å²) in [7, 11) is -3.76. The van der Waals surface area contributed by atoms with Crippen molar-refractivity contribution in [3.63, 3.8) is 0 Å². The number of aliphatic hydroxyl groups excluding tert-OH is 1. The van der Waals surface area contributed by atoms with Crippen LogP contribution in [0.5, 0.6) is 0 Å². The van der Waals surface area contributed by atoms with Crippen molar-refractivity contribution in [1.29, 1.82) is 0 Å². The Bertz CT molecular complexity index is 486. The lowest BCUT2D eigenvalue weighted by molar-refractivity contribution is 0.254. The molecule has 1 aromatic carbocycles. The Hall–Kier alpha value is -0.330. The molecular weight excluding hydrogens is 285 g/mol. The largest absolute Gasteiger partial charge is 0.395 e. The van der Waals surface area contributed by atoms with Gasteiger partial charge in [0.2, 0.25) is 10.0 Å². The summed E-state index contributed by atoms with van der Waals surface area (Å²) in [5.74, 6) is 0. The van der Waals surface area contributed by atoms with Crippen molar-refractivity contribution >= 4 is 33.2 Å².